The highest BCUT2D eigenvalue weighted by Gasteiger charge is 1.92. The minimum absolute atomic E-state index is 1.22. The summed E-state index contributed by atoms with van der Waals surface area (Å²) in [7, 11) is 0. The van der Waals surface area contributed by atoms with Gasteiger partial charge in [-0.3, -0.25) is 0 Å². The van der Waals surface area contributed by atoms with Gasteiger partial charge in [0, 0.05) is 0 Å². The number of unbranched alkanes of at least 4 members (excludes halogenated alkanes) is 12. The second-order valence-corrected chi connectivity index (χ2v) is 5.73. The van der Waals surface area contributed by atoms with Gasteiger partial charge in [-0.1, -0.05) is 89.2 Å². The maximum Gasteiger partial charge on any atom is -0.0286 e. The lowest BCUT2D eigenvalue weighted by Gasteiger charge is -2.02. The topological polar surface area (TPSA) is 0 Å². The summed E-state index contributed by atoms with van der Waals surface area (Å²) < 4.78 is 0. The first kappa shape index (κ1) is 17.7. The molecule has 0 fully saturated rings. The molecule has 0 rings (SSSR count). The molecule has 107 valence electrons. The summed E-state index contributed by atoms with van der Waals surface area (Å²) in [6.07, 6.45) is 20.7. The lowest BCUT2D eigenvalue weighted by Crippen LogP contribution is -1.82. The van der Waals surface area contributed by atoms with Gasteiger partial charge in [0.15, 0.2) is 0 Å². The molecule has 0 aromatic carbocycles. The Morgan fingerprint density at radius 1 is 0.722 bits per heavy atom. The van der Waals surface area contributed by atoms with Gasteiger partial charge in [-0.25, -0.2) is 0 Å². The minimum Gasteiger partial charge on any atom is -0.0856 e. The third kappa shape index (κ3) is 15.7. The molecule has 0 heterocycles. The molecule has 0 aliphatic heterocycles. The average Bonchev–Trinajstić information content (AvgIpc) is 2.34. The van der Waals surface area contributed by atoms with Gasteiger partial charge < -0.3 is 0 Å². The van der Waals surface area contributed by atoms with E-state index in [-0.39, 0.29) is 0 Å². The summed E-state index contributed by atoms with van der Waals surface area (Å²) >= 11 is 0. The molecule has 0 bridgehead atoms. The molecule has 0 aromatic heterocycles. The lowest BCUT2D eigenvalue weighted by atomic mass is 10.0. The molecule has 0 spiro atoms. The van der Waals surface area contributed by atoms with Crippen LogP contribution in [-0.4, -0.2) is 0 Å². The third-order valence-electron chi connectivity index (χ3n) is 3.55. The van der Waals surface area contributed by atoms with Gasteiger partial charge in [0.2, 0.25) is 0 Å². The van der Waals surface area contributed by atoms with Gasteiger partial charge in [0.1, 0.15) is 0 Å². The number of allylic oxidation sites excluding steroid dienone is 2. The molecule has 0 aromatic rings. The second-order valence-electron chi connectivity index (χ2n) is 5.73. The molecule has 0 atom stereocenters. The monoisotopic (exact) mass is 251 g/mol. The second kappa shape index (κ2) is 14.8. The Balaban J connectivity index is 2.97. The van der Waals surface area contributed by atoms with Crippen molar-refractivity contribution in [1.29, 1.82) is 0 Å². The normalized spacial score (nSPS) is 12.1. The smallest absolute Gasteiger partial charge is 0.0286 e. The molecule has 0 saturated carbocycles. The lowest BCUT2D eigenvalue weighted by molar-refractivity contribution is 0.545. The van der Waals surface area contributed by atoms with E-state index >= 15 is 0 Å². The van der Waals surface area contributed by atoms with Crippen LogP contribution in [0.4, 0.5) is 0 Å². The van der Waals surface area contributed by atoms with Crippen molar-refractivity contribution in [1.82, 2.24) is 0 Å². The Bertz CT molecular complexity index is 174. The Labute approximate surface area is 116 Å². The Kier molecular flexibility index (Phi) is 14.6. The van der Waals surface area contributed by atoms with E-state index in [1.54, 1.807) is 0 Å². The predicted molar refractivity (Wildman–Crippen MR) is 84.8 cm³/mol. The van der Waals surface area contributed by atoms with Crippen molar-refractivity contribution in [2.75, 3.05) is 0 Å². The van der Waals surface area contributed by atoms with Gasteiger partial charge in [-0.05, 0) is 26.7 Å². The third-order valence-corrected chi connectivity index (χ3v) is 3.55. The Hall–Kier alpha value is -0.260. The first-order valence-electron chi connectivity index (χ1n) is 8.26. The summed E-state index contributed by atoms with van der Waals surface area (Å²) in [5, 5.41) is 0. The number of hydrogen-bond acceptors (Lipinski definition) is 0. The van der Waals surface area contributed by atoms with Crippen LogP contribution in [0.5, 0.6) is 0 Å². The summed E-state index contributed by atoms with van der Waals surface area (Å²) in [4.78, 5) is 0. The molecule has 0 N–H and O–H groups in total. The minimum atomic E-state index is 1.22. The fourth-order valence-electron chi connectivity index (χ4n) is 2.33. The van der Waals surface area contributed by atoms with Crippen molar-refractivity contribution < 1.29 is 0 Å². The van der Waals surface area contributed by atoms with E-state index in [0.717, 1.165) is 0 Å². The standard InChI is InChI=1S/C18H35/c1-4-5-6-7-8-9-10-11-12-13-14-15-16-17-18(2)3/h17H,2,4-16H2,1,3H3/b18-17-. The van der Waals surface area contributed by atoms with Crippen LogP contribution in [0.15, 0.2) is 11.6 Å². The van der Waals surface area contributed by atoms with Crippen LogP contribution in [0.25, 0.3) is 0 Å². The van der Waals surface area contributed by atoms with Gasteiger partial charge in [0.05, 0.1) is 0 Å². The molecule has 0 nitrogen and oxygen atoms in total. The van der Waals surface area contributed by atoms with Crippen molar-refractivity contribution >= 4 is 0 Å². The van der Waals surface area contributed by atoms with Crippen LogP contribution in [0.2, 0.25) is 0 Å². The van der Waals surface area contributed by atoms with Crippen molar-refractivity contribution in [2.45, 2.75) is 97.3 Å². The summed E-state index contributed by atoms with van der Waals surface area (Å²) in [6.45, 7) is 8.26. The van der Waals surface area contributed by atoms with Gasteiger partial charge in [-0.2, -0.15) is 0 Å². The summed E-state index contributed by atoms with van der Waals surface area (Å²) in [5.41, 5.74) is 1.22. The molecular formula is C18H35. The van der Waals surface area contributed by atoms with E-state index < -0.39 is 0 Å². The van der Waals surface area contributed by atoms with Crippen LogP contribution in [0, 0.1) is 6.92 Å². The van der Waals surface area contributed by atoms with E-state index in [1.807, 2.05) is 0 Å². The SMILES string of the molecule is [CH2]/C(C)=C/CCCCCCCCCCCCCC. The van der Waals surface area contributed by atoms with Gasteiger partial charge in [-0.15, -0.1) is 0 Å². The zero-order valence-corrected chi connectivity index (χ0v) is 13.0. The van der Waals surface area contributed by atoms with E-state index in [0.29, 0.717) is 0 Å². The molecular weight excluding hydrogens is 216 g/mol. The van der Waals surface area contributed by atoms with Gasteiger partial charge >= 0.3 is 0 Å². The first-order valence-corrected chi connectivity index (χ1v) is 8.26. The van der Waals surface area contributed by atoms with Crippen molar-refractivity contribution in [2.24, 2.45) is 0 Å². The van der Waals surface area contributed by atoms with Crippen LogP contribution in [0.1, 0.15) is 97.3 Å². The quantitative estimate of drug-likeness (QED) is 0.314. The average molecular weight is 251 g/mol. The van der Waals surface area contributed by atoms with Crippen molar-refractivity contribution in [3.63, 3.8) is 0 Å². The molecule has 0 heteroatoms. The molecule has 0 saturated heterocycles. The maximum atomic E-state index is 3.89. The summed E-state index contributed by atoms with van der Waals surface area (Å²) in [5.74, 6) is 0. The number of rotatable bonds is 13. The number of hydrogen-bond donors (Lipinski definition) is 0. The predicted octanol–water partition coefficient (Wildman–Crippen LogP) is 6.86. The van der Waals surface area contributed by atoms with E-state index in [1.165, 1.54) is 89.0 Å². The fraction of sp³-hybridized carbons (Fsp3) is 0.833. The first-order chi connectivity index (χ1) is 8.77. The van der Waals surface area contributed by atoms with Crippen molar-refractivity contribution in [3.8, 4) is 0 Å². The maximum absolute atomic E-state index is 3.89. The zero-order valence-electron chi connectivity index (χ0n) is 13.0. The highest BCUT2D eigenvalue weighted by atomic mass is 14.0. The highest BCUT2D eigenvalue weighted by molar-refractivity contribution is 5.00. The molecule has 1 radical (unpaired) electrons. The molecule has 0 unspecified atom stereocenters. The van der Waals surface area contributed by atoms with E-state index in [4.69, 9.17) is 0 Å². The van der Waals surface area contributed by atoms with Crippen LogP contribution < -0.4 is 0 Å². The van der Waals surface area contributed by atoms with Crippen LogP contribution >= 0.6 is 0 Å². The summed E-state index contributed by atoms with van der Waals surface area (Å²) in [6, 6.07) is 0. The fourth-order valence-corrected chi connectivity index (χ4v) is 2.33. The Morgan fingerprint density at radius 2 is 1.11 bits per heavy atom. The van der Waals surface area contributed by atoms with Crippen LogP contribution in [0.3, 0.4) is 0 Å². The largest absolute Gasteiger partial charge is 0.0856 e. The molecule has 0 aliphatic rings. The van der Waals surface area contributed by atoms with Crippen LogP contribution in [-0.2, 0) is 0 Å². The van der Waals surface area contributed by atoms with Gasteiger partial charge in [0.25, 0.3) is 0 Å². The zero-order chi connectivity index (χ0) is 13.5. The molecule has 18 heavy (non-hydrogen) atoms. The van der Waals surface area contributed by atoms with E-state index in [2.05, 4.69) is 26.8 Å². The molecule has 0 amide bonds. The van der Waals surface area contributed by atoms with E-state index in [9.17, 15) is 0 Å². The highest BCUT2D eigenvalue weighted by Crippen LogP contribution is 2.12. The Morgan fingerprint density at radius 3 is 1.50 bits per heavy atom. The van der Waals surface area contributed by atoms with Crippen molar-refractivity contribution in [3.05, 3.63) is 18.6 Å². The molecule has 0 aliphatic carbocycles.